The molecule has 0 saturated carbocycles. The molecule has 0 aromatic heterocycles. The maximum atomic E-state index is 6.16. The van der Waals surface area contributed by atoms with E-state index in [4.69, 9.17) is 11.6 Å². The van der Waals surface area contributed by atoms with Crippen molar-refractivity contribution in [3.63, 3.8) is 0 Å². The summed E-state index contributed by atoms with van der Waals surface area (Å²) in [4.78, 5) is 0. The lowest BCUT2D eigenvalue weighted by atomic mass is 9.79. The lowest BCUT2D eigenvalue weighted by Gasteiger charge is -2.24. The van der Waals surface area contributed by atoms with Gasteiger partial charge in [0.2, 0.25) is 0 Å². The van der Waals surface area contributed by atoms with E-state index in [0.29, 0.717) is 0 Å². The van der Waals surface area contributed by atoms with Crippen LogP contribution in [0.4, 0.5) is 0 Å². The summed E-state index contributed by atoms with van der Waals surface area (Å²) in [5, 5.41) is 0.765. The van der Waals surface area contributed by atoms with E-state index >= 15 is 0 Å². The molecule has 0 spiro atoms. The molecule has 0 atom stereocenters. The minimum absolute atomic E-state index is 0.00588. The monoisotopic (exact) mass is 600 g/mol. The summed E-state index contributed by atoms with van der Waals surface area (Å²) in [6, 6.07) is 43.0. The molecule has 0 radical (unpaired) electrons. The minimum atomic E-state index is -0.102. The second kappa shape index (κ2) is 9.80. The summed E-state index contributed by atoms with van der Waals surface area (Å²) in [5.41, 5.74) is 21.1. The van der Waals surface area contributed by atoms with Crippen molar-refractivity contribution in [2.45, 2.75) is 52.4 Å². The maximum absolute atomic E-state index is 6.16. The highest BCUT2D eigenvalue weighted by molar-refractivity contribution is 6.30. The summed E-state index contributed by atoms with van der Waals surface area (Å²) in [7, 11) is 0. The van der Waals surface area contributed by atoms with Crippen molar-refractivity contribution >= 4 is 11.6 Å². The maximum Gasteiger partial charge on any atom is 0.0406 e. The molecule has 8 rings (SSSR count). The molecular formula is C44H37Cl. The van der Waals surface area contributed by atoms with Gasteiger partial charge in [0.25, 0.3) is 0 Å². The predicted octanol–water partition coefficient (Wildman–Crippen LogP) is 12.6. The van der Waals surface area contributed by atoms with Crippen molar-refractivity contribution in [3.05, 3.63) is 154 Å². The Morgan fingerprint density at radius 2 is 0.778 bits per heavy atom. The third-order valence-corrected chi connectivity index (χ3v) is 10.9. The highest BCUT2D eigenvalue weighted by Gasteiger charge is 2.37. The van der Waals surface area contributed by atoms with Crippen molar-refractivity contribution in [1.82, 2.24) is 0 Å². The van der Waals surface area contributed by atoms with E-state index in [-0.39, 0.29) is 10.8 Å². The number of fused-ring (bicyclic) bond motifs is 6. The first-order valence-electron chi connectivity index (χ1n) is 16.0. The molecule has 0 heterocycles. The van der Waals surface area contributed by atoms with Crippen molar-refractivity contribution in [2.75, 3.05) is 0 Å². The van der Waals surface area contributed by atoms with E-state index in [1.54, 1.807) is 0 Å². The van der Waals surface area contributed by atoms with Gasteiger partial charge in [-0.3, -0.25) is 0 Å². The van der Waals surface area contributed by atoms with E-state index < -0.39 is 0 Å². The van der Waals surface area contributed by atoms with E-state index in [9.17, 15) is 0 Å². The molecule has 0 N–H and O–H groups in total. The summed E-state index contributed by atoms with van der Waals surface area (Å²) in [5.74, 6) is 0. The predicted molar refractivity (Wildman–Crippen MR) is 192 cm³/mol. The van der Waals surface area contributed by atoms with Crippen LogP contribution in [0, 0.1) is 13.8 Å². The van der Waals surface area contributed by atoms with Crippen LogP contribution in [0.2, 0.25) is 5.02 Å². The third-order valence-electron chi connectivity index (χ3n) is 10.6. The summed E-state index contributed by atoms with van der Waals surface area (Å²) >= 11 is 6.16. The molecule has 0 amide bonds. The number of aryl methyl sites for hydroxylation is 2. The fourth-order valence-corrected chi connectivity index (χ4v) is 8.16. The minimum Gasteiger partial charge on any atom is -0.0843 e. The van der Waals surface area contributed by atoms with Gasteiger partial charge in [-0.1, -0.05) is 124 Å². The molecule has 0 unspecified atom stereocenters. The molecule has 45 heavy (non-hydrogen) atoms. The van der Waals surface area contributed by atoms with Crippen LogP contribution >= 0.6 is 11.6 Å². The molecule has 2 aliphatic carbocycles. The molecule has 0 aliphatic heterocycles. The average molecular weight is 601 g/mol. The molecule has 6 aromatic rings. The molecule has 0 nitrogen and oxygen atoms in total. The van der Waals surface area contributed by atoms with Gasteiger partial charge in [0.1, 0.15) is 0 Å². The van der Waals surface area contributed by atoms with Gasteiger partial charge in [-0.15, -0.1) is 0 Å². The fourth-order valence-electron chi connectivity index (χ4n) is 8.04. The Morgan fingerprint density at radius 3 is 1.33 bits per heavy atom. The second-order valence-electron chi connectivity index (χ2n) is 14.1. The van der Waals surface area contributed by atoms with Gasteiger partial charge in [-0.2, -0.15) is 0 Å². The smallest absolute Gasteiger partial charge is 0.0406 e. The Hall–Kier alpha value is -4.39. The molecule has 6 aromatic carbocycles. The van der Waals surface area contributed by atoms with Crippen LogP contribution in [0.5, 0.6) is 0 Å². The van der Waals surface area contributed by atoms with Crippen molar-refractivity contribution in [2.24, 2.45) is 0 Å². The van der Waals surface area contributed by atoms with E-state index in [2.05, 4.69) is 145 Å². The fraction of sp³-hybridized carbons (Fsp3) is 0.182. The second-order valence-corrected chi connectivity index (χ2v) is 14.5. The van der Waals surface area contributed by atoms with Gasteiger partial charge in [0, 0.05) is 15.9 Å². The molecule has 1 heteroatoms. The van der Waals surface area contributed by atoms with Crippen molar-refractivity contribution in [1.29, 1.82) is 0 Å². The normalized spacial score (nSPS) is 14.9. The Morgan fingerprint density at radius 1 is 0.378 bits per heavy atom. The summed E-state index contributed by atoms with van der Waals surface area (Å²) in [6.07, 6.45) is 0. The first-order valence-corrected chi connectivity index (χ1v) is 16.3. The van der Waals surface area contributed by atoms with Gasteiger partial charge in [-0.25, -0.2) is 0 Å². The molecular weight excluding hydrogens is 564 g/mol. The Labute approximate surface area is 272 Å². The number of hydrogen-bond acceptors (Lipinski definition) is 0. The number of halogens is 1. The van der Waals surface area contributed by atoms with Crippen LogP contribution < -0.4 is 0 Å². The van der Waals surface area contributed by atoms with Crippen LogP contribution in [-0.4, -0.2) is 0 Å². The summed E-state index contributed by atoms with van der Waals surface area (Å²) in [6.45, 7) is 13.9. The first kappa shape index (κ1) is 28.1. The lowest BCUT2D eigenvalue weighted by molar-refractivity contribution is 0.659. The number of hydrogen-bond donors (Lipinski definition) is 0. The van der Waals surface area contributed by atoms with Crippen LogP contribution in [0.15, 0.2) is 115 Å². The Balaban J connectivity index is 1.17. The van der Waals surface area contributed by atoms with Crippen molar-refractivity contribution in [3.8, 4) is 55.6 Å². The standard InChI is InChI=1S/C44H37Cl/c1-26-22-38(27(2)21-37(26)28-11-16-32(45)17-12-28)31-15-20-36-35-19-14-30(24-41(35)44(5,6)42(36)25-31)29-13-18-34-33-9-7-8-10-39(33)43(3,4)40(34)23-29/h7-25H,1-6H3. The van der Waals surface area contributed by atoms with Crippen LogP contribution in [0.1, 0.15) is 61.1 Å². The molecule has 0 saturated heterocycles. The first-order chi connectivity index (χ1) is 21.5. The number of benzene rings is 6. The molecule has 0 bridgehead atoms. The quantitative estimate of drug-likeness (QED) is 0.189. The van der Waals surface area contributed by atoms with E-state index in [0.717, 1.165) is 5.02 Å². The van der Waals surface area contributed by atoms with Gasteiger partial charge in [0.15, 0.2) is 0 Å². The van der Waals surface area contributed by atoms with Crippen LogP contribution in [0.3, 0.4) is 0 Å². The topological polar surface area (TPSA) is 0 Å². The van der Waals surface area contributed by atoms with Crippen molar-refractivity contribution < 1.29 is 0 Å². The average Bonchev–Trinajstić information content (AvgIpc) is 3.41. The van der Waals surface area contributed by atoms with E-state index in [1.807, 2.05) is 12.1 Å². The van der Waals surface area contributed by atoms with Gasteiger partial charge < -0.3 is 0 Å². The molecule has 0 fully saturated rings. The van der Waals surface area contributed by atoms with Gasteiger partial charge in [-0.05, 0) is 133 Å². The van der Waals surface area contributed by atoms with Crippen LogP contribution in [-0.2, 0) is 10.8 Å². The zero-order valence-corrected chi connectivity index (χ0v) is 27.6. The highest BCUT2D eigenvalue weighted by Crippen LogP contribution is 2.52. The Bertz CT molecular complexity index is 2180. The zero-order chi connectivity index (χ0) is 31.2. The van der Waals surface area contributed by atoms with Crippen LogP contribution in [0.25, 0.3) is 55.6 Å². The largest absolute Gasteiger partial charge is 0.0843 e. The summed E-state index contributed by atoms with van der Waals surface area (Å²) < 4.78 is 0. The third kappa shape index (κ3) is 4.19. The number of rotatable bonds is 3. The molecule has 2 aliphatic rings. The lowest BCUT2D eigenvalue weighted by Crippen LogP contribution is -2.15. The molecule has 220 valence electrons. The van der Waals surface area contributed by atoms with E-state index in [1.165, 1.54) is 89.0 Å². The van der Waals surface area contributed by atoms with Gasteiger partial charge in [0.05, 0.1) is 0 Å². The zero-order valence-electron chi connectivity index (χ0n) is 26.8. The highest BCUT2D eigenvalue weighted by atomic mass is 35.5. The van der Waals surface area contributed by atoms with Gasteiger partial charge >= 0.3 is 0 Å². The SMILES string of the molecule is Cc1cc(-c2ccc3c(c2)C(C)(C)c2cc(-c4ccc5c(c4)C(C)(C)c4ccccc4-5)ccc2-3)c(C)cc1-c1ccc(Cl)cc1. The Kier molecular flexibility index (Phi) is 6.12.